The Morgan fingerprint density at radius 1 is 1.40 bits per heavy atom. The van der Waals surface area contributed by atoms with Gasteiger partial charge >= 0.3 is 41.5 Å². The van der Waals surface area contributed by atoms with Crippen molar-refractivity contribution in [3.63, 3.8) is 0 Å². The molecule has 9 nitrogen and oxygen atoms in total. The van der Waals surface area contributed by atoms with E-state index in [2.05, 4.69) is 14.2 Å². The standard InChI is InChI=1S/C9H13NO8S.Na.H/c1-6-7(18-9(12)17-6)5-16-8(11)10-3-2-4-19(13,14)15;;/h2-5H2,1H3,(H,10,11)(H,13,14,15);;. The number of alkyl carbamates (subject to hydrolysis) is 1. The first-order chi connectivity index (χ1) is 8.78. The molecular formula is C9H14NNaO8S. The molecule has 0 saturated carbocycles. The van der Waals surface area contributed by atoms with Gasteiger partial charge in [0.2, 0.25) is 0 Å². The van der Waals surface area contributed by atoms with Crippen molar-refractivity contribution in [3.05, 3.63) is 22.1 Å². The fraction of sp³-hybridized carbons (Fsp3) is 0.556. The zero-order chi connectivity index (χ0) is 14.5. The van der Waals surface area contributed by atoms with Crippen molar-refractivity contribution in [2.24, 2.45) is 0 Å². The fourth-order valence-electron chi connectivity index (χ4n) is 1.13. The van der Waals surface area contributed by atoms with Crippen LogP contribution in [0.2, 0.25) is 0 Å². The van der Waals surface area contributed by atoms with Gasteiger partial charge in [0, 0.05) is 6.54 Å². The topological polar surface area (TPSA) is 136 Å². The monoisotopic (exact) mass is 319 g/mol. The zero-order valence-electron chi connectivity index (χ0n) is 10.0. The Morgan fingerprint density at radius 3 is 2.55 bits per heavy atom. The van der Waals surface area contributed by atoms with E-state index in [0.717, 1.165) is 0 Å². The van der Waals surface area contributed by atoms with Gasteiger partial charge in [-0.3, -0.25) is 4.55 Å². The van der Waals surface area contributed by atoms with Gasteiger partial charge in [-0.25, -0.2) is 9.59 Å². The van der Waals surface area contributed by atoms with Gasteiger partial charge in [-0.05, 0) is 13.3 Å². The molecule has 1 amide bonds. The van der Waals surface area contributed by atoms with E-state index >= 15 is 0 Å². The third-order valence-corrected chi connectivity index (χ3v) is 2.82. The Bertz CT molecular complexity index is 589. The number of rotatable bonds is 6. The molecule has 1 aromatic heterocycles. The fourth-order valence-corrected chi connectivity index (χ4v) is 1.64. The summed E-state index contributed by atoms with van der Waals surface area (Å²) in [6.07, 6.45) is -0.758. The van der Waals surface area contributed by atoms with Crippen LogP contribution in [0.3, 0.4) is 0 Å². The van der Waals surface area contributed by atoms with Gasteiger partial charge in [0.15, 0.2) is 18.1 Å². The summed E-state index contributed by atoms with van der Waals surface area (Å²) in [7, 11) is -4.03. The Morgan fingerprint density at radius 2 is 2.05 bits per heavy atom. The summed E-state index contributed by atoms with van der Waals surface area (Å²) in [6, 6.07) is 0. The number of carbonyl (C=O) groups is 1. The first kappa shape index (κ1) is 19.2. The summed E-state index contributed by atoms with van der Waals surface area (Å²) in [6.45, 7) is 1.22. The van der Waals surface area contributed by atoms with E-state index in [-0.39, 0.29) is 60.7 Å². The minimum absolute atomic E-state index is 0. The quantitative estimate of drug-likeness (QED) is 0.403. The maximum absolute atomic E-state index is 11.2. The summed E-state index contributed by atoms with van der Waals surface area (Å²) in [5, 5.41) is 2.26. The number of hydrogen-bond acceptors (Lipinski definition) is 7. The van der Waals surface area contributed by atoms with Crippen LogP contribution in [0.15, 0.2) is 13.6 Å². The molecule has 0 saturated heterocycles. The average molecular weight is 319 g/mol. The predicted molar refractivity (Wildman–Crippen MR) is 68.4 cm³/mol. The van der Waals surface area contributed by atoms with Crippen LogP contribution in [0.5, 0.6) is 0 Å². The first-order valence-electron chi connectivity index (χ1n) is 5.23. The Labute approximate surface area is 136 Å². The Hall–Kier alpha value is -0.810. The summed E-state index contributed by atoms with van der Waals surface area (Å²) in [4.78, 5) is 21.9. The molecule has 20 heavy (non-hydrogen) atoms. The van der Waals surface area contributed by atoms with Gasteiger partial charge in [-0.1, -0.05) is 0 Å². The molecule has 110 valence electrons. The molecule has 0 atom stereocenters. The second-order valence-electron chi connectivity index (χ2n) is 3.58. The van der Waals surface area contributed by atoms with E-state index < -0.39 is 27.8 Å². The molecule has 11 heteroatoms. The maximum atomic E-state index is 11.2. The van der Waals surface area contributed by atoms with E-state index in [1.54, 1.807) is 0 Å². The van der Waals surface area contributed by atoms with Gasteiger partial charge in [-0.2, -0.15) is 8.42 Å². The molecular weight excluding hydrogens is 305 g/mol. The number of nitrogens with one attached hydrogen (secondary N) is 1. The van der Waals surface area contributed by atoms with E-state index in [1.807, 2.05) is 0 Å². The van der Waals surface area contributed by atoms with E-state index in [1.165, 1.54) is 6.92 Å². The molecule has 0 unspecified atom stereocenters. The van der Waals surface area contributed by atoms with Crippen molar-refractivity contribution in [1.29, 1.82) is 0 Å². The van der Waals surface area contributed by atoms with Crippen molar-refractivity contribution in [1.82, 2.24) is 5.32 Å². The van der Waals surface area contributed by atoms with Crippen LogP contribution in [0.25, 0.3) is 0 Å². The molecule has 0 spiro atoms. The number of ether oxygens (including phenoxy) is 1. The van der Waals surface area contributed by atoms with Crippen LogP contribution in [-0.2, 0) is 21.5 Å². The van der Waals surface area contributed by atoms with Crippen LogP contribution < -0.4 is 11.1 Å². The van der Waals surface area contributed by atoms with Gasteiger partial charge in [0.05, 0.1) is 5.75 Å². The predicted octanol–water partition coefficient (Wildman–Crippen LogP) is -0.603. The molecule has 0 fully saturated rings. The van der Waals surface area contributed by atoms with Gasteiger partial charge < -0.3 is 18.9 Å². The summed E-state index contributed by atoms with van der Waals surface area (Å²) in [5.74, 6) is -1.03. The molecule has 0 aliphatic rings. The van der Waals surface area contributed by atoms with Crippen LogP contribution in [0, 0.1) is 6.92 Å². The Balaban J connectivity index is 0.00000361. The molecule has 1 rings (SSSR count). The van der Waals surface area contributed by atoms with E-state index in [0.29, 0.717) is 0 Å². The molecule has 0 bridgehead atoms. The van der Waals surface area contributed by atoms with Gasteiger partial charge in [0.1, 0.15) is 0 Å². The molecule has 2 N–H and O–H groups in total. The van der Waals surface area contributed by atoms with Crippen molar-refractivity contribution < 1.29 is 31.3 Å². The van der Waals surface area contributed by atoms with Gasteiger partial charge in [0.25, 0.3) is 10.1 Å². The summed E-state index contributed by atoms with van der Waals surface area (Å²) >= 11 is 0. The van der Waals surface area contributed by atoms with E-state index in [9.17, 15) is 18.0 Å². The van der Waals surface area contributed by atoms with Crippen molar-refractivity contribution >= 4 is 45.8 Å². The second-order valence-corrected chi connectivity index (χ2v) is 5.15. The zero-order valence-corrected chi connectivity index (χ0v) is 10.9. The van der Waals surface area contributed by atoms with Crippen LogP contribution in [-0.4, -0.2) is 60.9 Å². The van der Waals surface area contributed by atoms with Gasteiger partial charge in [-0.15, -0.1) is 0 Å². The molecule has 0 aromatic carbocycles. The summed E-state index contributed by atoms with van der Waals surface area (Å²) < 4.78 is 43.1. The third kappa shape index (κ3) is 7.70. The molecule has 1 aromatic rings. The molecule has 0 radical (unpaired) electrons. The normalized spacial score (nSPS) is 10.7. The van der Waals surface area contributed by atoms with Crippen molar-refractivity contribution in [3.8, 4) is 0 Å². The Kier molecular flexibility index (Phi) is 8.13. The van der Waals surface area contributed by atoms with Crippen LogP contribution in [0.4, 0.5) is 4.79 Å². The van der Waals surface area contributed by atoms with Crippen molar-refractivity contribution in [2.45, 2.75) is 20.0 Å². The number of aryl methyl sites for hydroxylation is 1. The number of amides is 1. The number of hydrogen-bond donors (Lipinski definition) is 2. The summed E-state index contributed by atoms with van der Waals surface area (Å²) in [5.41, 5.74) is 0. The second kappa shape index (κ2) is 8.47. The van der Waals surface area contributed by atoms with E-state index in [4.69, 9.17) is 9.29 Å². The van der Waals surface area contributed by atoms with Crippen molar-refractivity contribution in [2.75, 3.05) is 12.3 Å². The SMILES string of the molecule is Cc1oc(=O)oc1COC(=O)NCCCS(=O)(=O)O.[NaH]. The third-order valence-electron chi connectivity index (χ3n) is 2.02. The molecule has 1 heterocycles. The van der Waals surface area contributed by atoms with Crippen LogP contribution >= 0.6 is 0 Å². The molecule has 0 aliphatic heterocycles. The number of carbonyl (C=O) groups excluding carboxylic acids is 1. The average Bonchev–Trinajstić information content (AvgIpc) is 2.59. The molecule has 0 aliphatic carbocycles. The van der Waals surface area contributed by atoms with Crippen LogP contribution in [0.1, 0.15) is 17.9 Å². The first-order valence-corrected chi connectivity index (χ1v) is 6.84. The minimum atomic E-state index is -4.03.